The summed E-state index contributed by atoms with van der Waals surface area (Å²) < 4.78 is 29.5. The Morgan fingerprint density at radius 3 is 2.31 bits per heavy atom. The molecule has 8 heteroatoms. The second kappa shape index (κ2) is 9.04. The summed E-state index contributed by atoms with van der Waals surface area (Å²) in [5, 5.41) is 10.7. The number of nitrogens with one attached hydrogen (secondary N) is 1. The van der Waals surface area contributed by atoms with Gasteiger partial charge < -0.3 is 9.47 Å². The highest BCUT2D eigenvalue weighted by atomic mass is 32.2. The van der Waals surface area contributed by atoms with Crippen molar-refractivity contribution in [3.8, 4) is 17.3 Å². The molecule has 1 aromatic heterocycles. The quantitative estimate of drug-likeness (QED) is 0.464. The number of benzene rings is 2. The Balaban J connectivity index is 1.60. The van der Waals surface area contributed by atoms with Crippen LogP contribution < -0.4 is 4.72 Å². The first-order chi connectivity index (χ1) is 16.9. The number of nitrogens with zero attached hydrogens (tertiary/aromatic N) is 3. The monoisotopic (exact) mass is 490 g/mol. The first kappa shape index (κ1) is 23.4. The minimum Gasteiger partial charge on any atom is -0.339 e. The smallest absolute Gasteiger partial charge is 0.253 e. The lowest BCUT2D eigenvalue weighted by Crippen LogP contribution is -2.30. The number of carbonyl (C=O) groups is 1. The highest BCUT2D eigenvalue weighted by Crippen LogP contribution is 2.43. The van der Waals surface area contributed by atoms with E-state index in [1.54, 1.807) is 17.0 Å². The predicted octanol–water partition coefficient (Wildman–Crippen LogP) is 5.29. The highest BCUT2D eigenvalue weighted by molar-refractivity contribution is 7.93. The molecule has 0 bridgehead atoms. The van der Waals surface area contributed by atoms with Crippen LogP contribution in [0.15, 0.2) is 42.5 Å². The fourth-order valence-corrected chi connectivity index (χ4v) is 6.27. The fourth-order valence-electron chi connectivity index (χ4n) is 4.88. The van der Waals surface area contributed by atoms with Crippen molar-refractivity contribution in [2.45, 2.75) is 57.2 Å². The van der Waals surface area contributed by atoms with Crippen LogP contribution in [0.2, 0.25) is 0 Å². The maximum absolute atomic E-state index is 13.0. The summed E-state index contributed by atoms with van der Waals surface area (Å²) in [6, 6.07) is 15.6. The molecule has 35 heavy (non-hydrogen) atoms. The van der Waals surface area contributed by atoms with E-state index in [2.05, 4.69) is 15.4 Å². The summed E-state index contributed by atoms with van der Waals surface area (Å²) >= 11 is 0. The van der Waals surface area contributed by atoms with E-state index in [9.17, 15) is 18.5 Å². The summed E-state index contributed by atoms with van der Waals surface area (Å²) in [6.45, 7) is 5.22. The summed E-state index contributed by atoms with van der Waals surface area (Å²) in [4.78, 5) is 14.8. The van der Waals surface area contributed by atoms with Gasteiger partial charge in [0.15, 0.2) is 0 Å². The molecule has 1 heterocycles. The minimum absolute atomic E-state index is 0.00869. The van der Waals surface area contributed by atoms with Gasteiger partial charge in [-0.1, -0.05) is 18.2 Å². The third-order valence-corrected chi connectivity index (χ3v) is 9.10. The van der Waals surface area contributed by atoms with Crippen LogP contribution in [0.25, 0.3) is 22.2 Å². The zero-order valence-corrected chi connectivity index (χ0v) is 20.9. The number of aromatic nitrogens is 1. The van der Waals surface area contributed by atoms with Crippen molar-refractivity contribution in [2.24, 2.45) is 0 Å². The second-order valence-electron chi connectivity index (χ2n) is 9.42. The lowest BCUT2D eigenvalue weighted by atomic mass is 9.92. The Bertz CT molecular complexity index is 1420. The molecule has 0 spiro atoms. The maximum Gasteiger partial charge on any atom is 0.253 e. The van der Waals surface area contributed by atoms with Crippen molar-refractivity contribution in [1.29, 1.82) is 5.26 Å². The van der Waals surface area contributed by atoms with E-state index in [-0.39, 0.29) is 17.2 Å². The number of carbonyl (C=O) groups excluding carboxylic acids is 1. The zero-order valence-electron chi connectivity index (χ0n) is 20.1. The van der Waals surface area contributed by atoms with E-state index in [1.807, 2.05) is 44.2 Å². The van der Waals surface area contributed by atoms with Crippen LogP contribution in [0.5, 0.6) is 0 Å². The molecule has 0 saturated heterocycles. The van der Waals surface area contributed by atoms with Crippen molar-refractivity contribution in [3.63, 3.8) is 0 Å². The third-order valence-electron chi connectivity index (χ3n) is 7.24. The second-order valence-corrected chi connectivity index (χ2v) is 11.4. The molecule has 0 aliphatic heterocycles. The standard InChI is InChI=1S/C27H30N4O3S/c1-3-30(4-2)27(32)19-10-15-23-24(17-28)26(31(25(23)16-19)21-6-5-7-21)18-8-11-20(12-9-18)29-35(33,34)22-13-14-22/h8-12,15-16,21-22,29H,3-7,13-14H2,1-2H3. The Hall–Kier alpha value is -3.31. The van der Waals surface area contributed by atoms with Crippen molar-refractivity contribution < 1.29 is 13.2 Å². The Labute approximate surface area is 206 Å². The van der Waals surface area contributed by atoms with E-state index in [0.717, 1.165) is 41.4 Å². The number of nitriles is 1. The van der Waals surface area contributed by atoms with Gasteiger partial charge in [-0.3, -0.25) is 9.52 Å². The van der Waals surface area contributed by atoms with Crippen LogP contribution in [0.1, 0.15) is 67.9 Å². The Morgan fingerprint density at radius 2 is 1.77 bits per heavy atom. The van der Waals surface area contributed by atoms with Gasteiger partial charge in [-0.25, -0.2) is 8.42 Å². The number of anilines is 1. The van der Waals surface area contributed by atoms with E-state index >= 15 is 0 Å². The largest absolute Gasteiger partial charge is 0.339 e. The summed E-state index contributed by atoms with van der Waals surface area (Å²) in [6.07, 6.45) is 4.59. The molecule has 5 rings (SSSR count). The van der Waals surface area contributed by atoms with Gasteiger partial charge in [0.25, 0.3) is 5.91 Å². The molecule has 2 aliphatic rings. The summed E-state index contributed by atoms with van der Waals surface area (Å²) in [7, 11) is -3.34. The lowest BCUT2D eigenvalue weighted by Gasteiger charge is -2.30. The number of hydrogen-bond acceptors (Lipinski definition) is 4. The fraction of sp³-hybridized carbons (Fsp3) is 0.407. The molecule has 0 radical (unpaired) electrons. The van der Waals surface area contributed by atoms with Crippen LogP contribution in [-0.2, 0) is 10.0 Å². The topological polar surface area (TPSA) is 95.2 Å². The normalized spacial score (nSPS) is 16.0. The lowest BCUT2D eigenvalue weighted by molar-refractivity contribution is 0.0773. The highest BCUT2D eigenvalue weighted by Gasteiger charge is 2.35. The molecule has 1 N–H and O–H groups in total. The molecule has 2 saturated carbocycles. The van der Waals surface area contributed by atoms with Gasteiger partial charge in [-0.15, -0.1) is 0 Å². The molecule has 3 aromatic rings. The molecule has 7 nitrogen and oxygen atoms in total. The molecule has 2 aromatic carbocycles. The molecule has 2 fully saturated rings. The number of hydrogen-bond donors (Lipinski definition) is 1. The van der Waals surface area contributed by atoms with Crippen LogP contribution >= 0.6 is 0 Å². The zero-order chi connectivity index (χ0) is 24.7. The number of fused-ring (bicyclic) bond motifs is 1. The van der Waals surface area contributed by atoms with Gasteiger partial charge in [0, 0.05) is 35.8 Å². The van der Waals surface area contributed by atoms with E-state index in [0.29, 0.717) is 42.7 Å². The van der Waals surface area contributed by atoms with Gasteiger partial charge in [0.1, 0.15) is 6.07 Å². The third kappa shape index (κ3) is 4.19. The van der Waals surface area contributed by atoms with Gasteiger partial charge >= 0.3 is 0 Å². The minimum atomic E-state index is -3.34. The number of amides is 1. The van der Waals surface area contributed by atoms with Crippen molar-refractivity contribution >= 4 is 32.5 Å². The predicted molar refractivity (Wildman–Crippen MR) is 138 cm³/mol. The summed E-state index contributed by atoms with van der Waals surface area (Å²) in [5.74, 6) is -0.00869. The van der Waals surface area contributed by atoms with Crippen molar-refractivity contribution in [3.05, 3.63) is 53.6 Å². The molecular weight excluding hydrogens is 460 g/mol. The molecule has 0 atom stereocenters. The van der Waals surface area contributed by atoms with E-state index in [1.165, 1.54) is 0 Å². The summed E-state index contributed by atoms with van der Waals surface area (Å²) in [5.41, 5.74) is 4.32. The SMILES string of the molecule is CCN(CC)C(=O)c1ccc2c(C#N)c(-c3ccc(NS(=O)(=O)C4CC4)cc3)n(C3CCC3)c2c1. The first-order valence-corrected chi connectivity index (χ1v) is 13.9. The number of rotatable bonds is 8. The first-order valence-electron chi connectivity index (χ1n) is 12.4. The van der Waals surface area contributed by atoms with Crippen LogP contribution in [0.3, 0.4) is 0 Å². The molecule has 1 amide bonds. The van der Waals surface area contributed by atoms with Gasteiger partial charge in [-0.05, 0) is 75.8 Å². The van der Waals surface area contributed by atoms with Crippen LogP contribution in [0, 0.1) is 11.3 Å². The average molecular weight is 491 g/mol. The van der Waals surface area contributed by atoms with Crippen LogP contribution in [0.4, 0.5) is 5.69 Å². The van der Waals surface area contributed by atoms with Crippen molar-refractivity contribution in [2.75, 3.05) is 17.8 Å². The van der Waals surface area contributed by atoms with Gasteiger partial charge in [0.2, 0.25) is 10.0 Å². The number of sulfonamides is 1. The molecule has 0 unspecified atom stereocenters. The average Bonchev–Trinajstić information content (AvgIpc) is 3.64. The molecule has 2 aliphatic carbocycles. The van der Waals surface area contributed by atoms with Crippen molar-refractivity contribution in [1.82, 2.24) is 9.47 Å². The van der Waals surface area contributed by atoms with Gasteiger partial charge in [-0.2, -0.15) is 5.26 Å². The van der Waals surface area contributed by atoms with Crippen LogP contribution in [-0.4, -0.2) is 42.1 Å². The molecule has 182 valence electrons. The van der Waals surface area contributed by atoms with E-state index in [4.69, 9.17) is 0 Å². The van der Waals surface area contributed by atoms with E-state index < -0.39 is 10.0 Å². The Kier molecular flexibility index (Phi) is 6.06. The maximum atomic E-state index is 13.0. The van der Waals surface area contributed by atoms with Gasteiger partial charge in [0.05, 0.1) is 22.0 Å². The Morgan fingerprint density at radius 1 is 1.09 bits per heavy atom. The molecular formula is C27H30N4O3S.